The Balaban J connectivity index is 2.51. The van der Waals surface area contributed by atoms with Gasteiger partial charge in [-0.1, -0.05) is 41.4 Å². The lowest BCUT2D eigenvalue weighted by molar-refractivity contribution is -0.119. The molecule has 2 N–H and O–H groups in total. The van der Waals surface area contributed by atoms with Crippen molar-refractivity contribution in [3.8, 4) is 0 Å². The lowest BCUT2D eigenvalue weighted by Gasteiger charge is -2.10. The molecule has 0 heterocycles. The summed E-state index contributed by atoms with van der Waals surface area (Å²) in [5, 5.41) is 0. The van der Waals surface area contributed by atoms with Crippen molar-refractivity contribution >= 4 is 21.7 Å². The first-order valence-corrected chi connectivity index (χ1v) is 6.41. The van der Waals surface area contributed by atoms with Gasteiger partial charge in [0.15, 0.2) is 0 Å². The molecule has 1 unspecified atom stereocenters. The van der Waals surface area contributed by atoms with Crippen LogP contribution in [0.4, 0.5) is 0 Å². The van der Waals surface area contributed by atoms with Crippen LogP contribution < -0.4 is 5.73 Å². The fourth-order valence-electron chi connectivity index (χ4n) is 1.66. The maximum absolute atomic E-state index is 11.8. The molecular weight excluding hydrogens is 266 g/mol. The Hall–Kier alpha value is -0.670. The Morgan fingerprint density at radius 1 is 1.50 bits per heavy atom. The van der Waals surface area contributed by atoms with Gasteiger partial charge in [-0.15, -0.1) is 0 Å². The minimum absolute atomic E-state index is 0.274. The first-order chi connectivity index (χ1) is 7.65. The molecule has 1 rings (SSSR count). The number of hydrogen-bond donors (Lipinski definition) is 1. The Labute approximate surface area is 105 Å². The molecule has 2 nitrogen and oxygen atoms in total. The first kappa shape index (κ1) is 13.4. The summed E-state index contributed by atoms with van der Waals surface area (Å²) < 4.78 is 1.02. The van der Waals surface area contributed by atoms with Crippen molar-refractivity contribution in [3.05, 3.63) is 34.3 Å². The Morgan fingerprint density at radius 2 is 2.25 bits per heavy atom. The molecule has 0 spiro atoms. The van der Waals surface area contributed by atoms with Crippen LogP contribution in [-0.4, -0.2) is 12.3 Å². The Kier molecular flexibility index (Phi) is 5.71. The molecule has 1 atom stereocenters. The number of hydrogen-bond acceptors (Lipinski definition) is 2. The summed E-state index contributed by atoms with van der Waals surface area (Å²) in [6.45, 7) is 2.67. The van der Waals surface area contributed by atoms with Crippen molar-refractivity contribution < 1.29 is 4.79 Å². The molecule has 0 aliphatic rings. The van der Waals surface area contributed by atoms with Crippen LogP contribution in [0.3, 0.4) is 0 Å². The number of halogens is 1. The predicted octanol–water partition coefficient (Wildman–Crippen LogP) is 2.94. The second-order valence-electron chi connectivity index (χ2n) is 4.06. The van der Waals surface area contributed by atoms with Gasteiger partial charge < -0.3 is 5.73 Å². The van der Waals surface area contributed by atoms with E-state index >= 15 is 0 Å². The molecule has 1 aromatic carbocycles. The summed E-state index contributed by atoms with van der Waals surface area (Å²) in [5.41, 5.74) is 6.65. The maximum Gasteiger partial charge on any atom is 0.137 e. The third-order valence-electron chi connectivity index (χ3n) is 2.72. The highest BCUT2D eigenvalue weighted by Crippen LogP contribution is 2.14. The van der Waals surface area contributed by atoms with Crippen molar-refractivity contribution in [1.82, 2.24) is 0 Å². The van der Waals surface area contributed by atoms with Crippen LogP contribution in [0.15, 0.2) is 28.7 Å². The molecule has 88 valence electrons. The highest BCUT2D eigenvalue weighted by atomic mass is 79.9. The minimum Gasteiger partial charge on any atom is -0.330 e. The molecule has 3 heteroatoms. The molecule has 0 saturated heterocycles. The average molecular weight is 284 g/mol. The molecule has 0 bridgehead atoms. The van der Waals surface area contributed by atoms with Gasteiger partial charge in [0.25, 0.3) is 0 Å². The van der Waals surface area contributed by atoms with Crippen LogP contribution in [-0.2, 0) is 11.2 Å². The van der Waals surface area contributed by atoms with E-state index in [4.69, 9.17) is 5.73 Å². The third kappa shape index (κ3) is 4.45. The zero-order valence-corrected chi connectivity index (χ0v) is 11.2. The second-order valence-corrected chi connectivity index (χ2v) is 4.98. The molecule has 0 aromatic heterocycles. The van der Waals surface area contributed by atoms with Gasteiger partial charge >= 0.3 is 0 Å². The van der Waals surface area contributed by atoms with Crippen LogP contribution in [0.1, 0.15) is 25.3 Å². The van der Waals surface area contributed by atoms with Crippen LogP contribution in [0.25, 0.3) is 0 Å². The number of Topliss-reactive ketones (excluding diaryl/α,β-unsaturated/α-hetero) is 1. The molecule has 16 heavy (non-hydrogen) atoms. The number of nitrogens with two attached hydrogens (primary N) is 1. The summed E-state index contributed by atoms with van der Waals surface area (Å²) in [6.07, 6.45) is 2.08. The van der Waals surface area contributed by atoms with E-state index in [2.05, 4.69) is 22.9 Å². The van der Waals surface area contributed by atoms with Gasteiger partial charge in [0.1, 0.15) is 5.78 Å². The summed E-state index contributed by atoms with van der Waals surface area (Å²) in [5.74, 6) is 0.607. The van der Waals surface area contributed by atoms with E-state index in [-0.39, 0.29) is 5.78 Å². The lowest BCUT2D eigenvalue weighted by Crippen LogP contribution is -2.18. The molecule has 0 amide bonds. The predicted molar refractivity (Wildman–Crippen MR) is 70.3 cm³/mol. The second kappa shape index (κ2) is 6.81. The van der Waals surface area contributed by atoms with Gasteiger partial charge in [0.05, 0.1) is 0 Å². The summed E-state index contributed by atoms with van der Waals surface area (Å²) in [6, 6.07) is 7.88. The van der Waals surface area contributed by atoms with E-state index in [1.165, 1.54) is 0 Å². The van der Waals surface area contributed by atoms with Gasteiger partial charge in [0.2, 0.25) is 0 Å². The van der Waals surface area contributed by atoms with E-state index in [1.54, 1.807) is 0 Å². The van der Waals surface area contributed by atoms with Crippen molar-refractivity contribution in [3.63, 3.8) is 0 Å². The number of ketones is 1. The zero-order chi connectivity index (χ0) is 12.0. The number of rotatable bonds is 6. The molecule has 0 radical (unpaired) electrons. The first-order valence-electron chi connectivity index (χ1n) is 5.62. The molecule has 0 aliphatic carbocycles. The molecule has 0 saturated carbocycles. The summed E-state index contributed by atoms with van der Waals surface area (Å²) in [4.78, 5) is 11.8. The van der Waals surface area contributed by atoms with Gasteiger partial charge in [-0.2, -0.15) is 0 Å². The number of carbonyl (C=O) groups is 1. The smallest absolute Gasteiger partial charge is 0.137 e. The van der Waals surface area contributed by atoms with E-state index in [1.807, 2.05) is 24.3 Å². The Bertz CT molecular complexity index is 348. The fraction of sp³-hybridized carbons (Fsp3) is 0.462. The minimum atomic E-state index is 0.274. The number of carbonyl (C=O) groups excluding carboxylic acids is 1. The Morgan fingerprint density at radius 3 is 2.81 bits per heavy atom. The average Bonchev–Trinajstić information content (AvgIpc) is 2.26. The van der Waals surface area contributed by atoms with Crippen molar-refractivity contribution in [2.75, 3.05) is 6.54 Å². The van der Waals surface area contributed by atoms with Gasteiger partial charge in [-0.3, -0.25) is 4.79 Å². The SMILES string of the molecule is CCC(CN)CC(=O)Cc1cccc(Br)c1. The van der Waals surface area contributed by atoms with Crippen LogP contribution in [0.5, 0.6) is 0 Å². The van der Waals surface area contributed by atoms with Gasteiger partial charge in [0, 0.05) is 17.3 Å². The monoisotopic (exact) mass is 283 g/mol. The van der Waals surface area contributed by atoms with Crippen LogP contribution >= 0.6 is 15.9 Å². The molecule has 1 aromatic rings. The standard InChI is InChI=1S/C13H18BrNO/c1-2-10(9-15)7-13(16)8-11-4-3-5-12(14)6-11/h3-6,10H,2,7-9,15H2,1H3. The lowest BCUT2D eigenvalue weighted by atomic mass is 9.96. The summed E-state index contributed by atoms with van der Waals surface area (Å²) >= 11 is 3.40. The molecule has 0 aliphatic heterocycles. The molecule has 0 fully saturated rings. The van der Waals surface area contributed by atoms with E-state index < -0.39 is 0 Å². The highest BCUT2D eigenvalue weighted by Gasteiger charge is 2.11. The van der Waals surface area contributed by atoms with Gasteiger partial charge in [-0.05, 0) is 30.2 Å². The topological polar surface area (TPSA) is 43.1 Å². The van der Waals surface area contributed by atoms with E-state index in [9.17, 15) is 4.79 Å². The van der Waals surface area contributed by atoms with E-state index in [0.29, 0.717) is 25.3 Å². The zero-order valence-electron chi connectivity index (χ0n) is 9.58. The number of benzene rings is 1. The normalized spacial score (nSPS) is 12.4. The van der Waals surface area contributed by atoms with Crippen molar-refractivity contribution in [2.24, 2.45) is 11.7 Å². The van der Waals surface area contributed by atoms with Crippen LogP contribution in [0, 0.1) is 5.92 Å². The fourth-order valence-corrected chi connectivity index (χ4v) is 2.11. The van der Waals surface area contributed by atoms with Crippen LogP contribution in [0.2, 0.25) is 0 Å². The third-order valence-corrected chi connectivity index (χ3v) is 3.21. The van der Waals surface area contributed by atoms with Gasteiger partial charge in [-0.25, -0.2) is 0 Å². The van der Waals surface area contributed by atoms with Crippen molar-refractivity contribution in [1.29, 1.82) is 0 Å². The quantitative estimate of drug-likeness (QED) is 0.872. The maximum atomic E-state index is 11.8. The van der Waals surface area contributed by atoms with Crippen molar-refractivity contribution in [2.45, 2.75) is 26.2 Å². The molecular formula is C13H18BrNO. The van der Waals surface area contributed by atoms with E-state index in [0.717, 1.165) is 16.5 Å². The highest BCUT2D eigenvalue weighted by molar-refractivity contribution is 9.10. The summed E-state index contributed by atoms with van der Waals surface area (Å²) in [7, 11) is 0. The largest absolute Gasteiger partial charge is 0.330 e.